The summed E-state index contributed by atoms with van der Waals surface area (Å²) in [5.41, 5.74) is 7.04. The van der Waals surface area contributed by atoms with Gasteiger partial charge in [-0.1, -0.05) is 51.2 Å². The standard InChI is InChI=1S/C11H12BrN3S2/c1-7-14-15-11(16-7)17-10(6-13)8-2-4-9(12)5-3-8/h2-5,10H,6,13H2,1H3. The second kappa shape index (κ2) is 5.95. The van der Waals surface area contributed by atoms with Gasteiger partial charge in [-0.05, 0) is 24.6 Å². The third-order valence-corrected chi connectivity index (χ3v) is 4.94. The maximum Gasteiger partial charge on any atom is 0.174 e. The summed E-state index contributed by atoms with van der Waals surface area (Å²) in [7, 11) is 0. The third kappa shape index (κ3) is 3.51. The molecule has 1 aromatic carbocycles. The minimum atomic E-state index is 0.232. The predicted molar refractivity (Wildman–Crippen MR) is 76.4 cm³/mol. The summed E-state index contributed by atoms with van der Waals surface area (Å²) in [6.07, 6.45) is 0. The zero-order valence-corrected chi connectivity index (χ0v) is 12.5. The summed E-state index contributed by atoms with van der Waals surface area (Å²) in [5, 5.41) is 9.34. The molecule has 90 valence electrons. The van der Waals surface area contributed by atoms with Crippen molar-refractivity contribution in [1.29, 1.82) is 0 Å². The number of nitrogens with two attached hydrogens (primary N) is 1. The molecule has 0 amide bonds. The second-order valence-corrected chi connectivity index (χ2v) is 7.03. The fraction of sp³-hybridized carbons (Fsp3) is 0.273. The number of thioether (sulfide) groups is 1. The molecule has 0 aliphatic heterocycles. The van der Waals surface area contributed by atoms with Gasteiger partial charge in [-0.3, -0.25) is 0 Å². The number of benzene rings is 1. The Balaban J connectivity index is 2.13. The van der Waals surface area contributed by atoms with E-state index >= 15 is 0 Å². The minimum Gasteiger partial charge on any atom is -0.329 e. The number of halogens is 1. The summed E-state index contributed by atoms with van der Waals surface area (Å²) in [5.74, 6) is 0. The van der Waals surface area contributed by atoms with Gasteiger partial charge in [0.2, 0.25) is 0 Å². The van der Waals surface area contributed by atoms with Crippen molar-refractivity contribution < 1.29 is 0 Å². The van der Waals surface area contributed by atoms with E-state index < -0.39 is 0 Å². The lowest BCUT2D eigenvalue weighted by Gasteiger charge is -2.12. The average Bonchev–Trinajstić information content (AvgIpc) is 2.73. The third-order valence-electron chi connectivity index (χ3n) is 2.21. The van der Waals surface area contributed by atoms with Crippen molar-refractivity contribution in [2.75, 3.05) is 6.54 Å². The zero-order chi connectivity index (χ0) is 12.3. The predicted octanol–water partition coefficient (Wildman–Crippen LogP) is 3.40. The highest BCUT2D eigenvalue weighted by molar-refractivity contribution is 9.10. The first kappa shape index (κ1) is 13.0. The smallest absolute Gasteiger partial charge is 0.174 e. The van der Waals surface area contributed by atoms with Crippen LogP contribution in [0.25, 0.3) is 0 Å². The van der Waals surface area contributed by atoms with Crippen molar-refractivity contribution in [3.05, 3.63) is 39.3 Å². The molecule has 0 saturated heterocycles. The molecule has 1 heterocycles. The maximum absolute atomic E-state index is 5.82. The first-order valence-corrected chi connectivity index (χ1v) is 7.60. The largest absolute Gasteiger partial charge is 0.329 e. The first-order valence-electron chi connectivity index (χ1n) is 5.11. The molecule has 3 nitrogen and oxygen atoms in total. The molecule has 2 N–H and O–H groups in total. The van der Waals surface area contributed by atoms with Crippen LogP contribution in [0, 0.1) is 6.92 Å². The van der Waals surface area contributed by atoms with Crippen LogP contribution in [0.1, 0.15) is 15.8 Å². The lowest BCUT2D eigenvalue weighted by molar-refractivity contribution is 0.928. The van der Waals surface area contributed by atoms with Gasteiger partial charge in [0.1, 0.15) is 5.01 Å². The van der Waals surface area contributed by atoms with Gasteiger partial charge in [0.15, 0.2) is 4.34 Å². The van der Waals surface area contributed by atoms with Crippen molar-refractivity contribution in [1.82, 2.24) is 10.2 Å². The number of nitrogens with zero attached hydrogens (tertiary/aromatic N) is 2. The van der Waals surface area contributed by atoms with E-state index in [1.807, 2.05) is 19.1 Å². The zero-order valence-electron chi connectivity index (χ0n) is 9.26. The molecule has 2 aromatic rings. The van der Waals surface area contributed by atoms with E-state index in [9.17, 15) is 0 Å². The Bertz CT molecular complexity index is 484. The van der Waals surface area contributed by atoms with Crippen molar-refractivity contribution in [3.63, 3.8) is 0 Å². The molecule has 1 atom stereocenters. The number of aromatic nitrogens is 2. The molecular formula is C11H12BrN3S2. The summed E-state index contributed by atoms with van der Waals surface area (Å²) >= 11 is 6.71. The quantitative estimate of drug-likeness (QED) is 0.873. The fourth-order valence-corrected chi connectivity index (χ4v) is 3.68. The summed E-state index contributed by atoms with van der Waals surface area (Å²) in [6.45, 7) is 2.55. The van der Waals surface area contributed by atoms with Crippen molar-refractivity contribution >= 4 is 39.0 Å². The molecule has 0 aliphatic carbocycles. The molecule has 1 unspecified atom stereocenters. The lowest BCUT2D eigenvalue weighted by atomic mass is 10.1. The fourth-order valence-electron chi connectivity index (χ4n) is 1.38. The van der Waals surface area contributed by atoms with E-state index in [0.717, 1.165) is 13.8 Å². The summed E-state index contributed by atoms with van der Waals surface area (Å²) in [4.78, 5) is 0. The van der Waals surface area contributed by atoms with Crippen LogP contribution in [-0.4, -0.2) is 16.7 Å². The highest BCUT2D eigenvalue weighted by Crippen LogP contribution is 2.36. The highest BCUT2D eigenvalue weighted by Gasteiger charge is 2.13. The number of hydrogen-bond donors (Lipinski definition) is 1. The van der Waals surface area contributed by atoms with Gasteiger partial charge >= 0.3 is 0 Å². The summed E-state index contributed by atoms with van der Waals surface area (Å²) < 4.78 is 2.05. The Morgan fingerprint density at radius 1 is 1.35 bits per heavy atom. The molecule has 2 rings (SSSR count). The molecule has 0 aliphatic rings. The van der Waals surface area contributed by atoms with Crippen LogP contribution in [0.3, 0.4) is 0 Å². The van der Waals surface area contributed by atoms with E-state index in [1.165, 1.54) is 5.56 Å². The number of hydrogen-bond acceptors (Lipinski definition) is 5. The Labute approximate surface area is 117 Å². The number of rotatable bonds is 4. The van der Waals surface area contributed by atoms with Crippen LogP contribution in [-0.2, 0) is 0 Å². The molecule has 0 bridgehead atoms. The molecule has 0 fully saturated rings. The molecule has 17 heavy (non-hydrogen) atoms. The van der Waals surface area contributed by atoms with E-state index in [4.69, 9.17) is 5.73 Å². The Hall–Kier alpha value is -0.430. The van der Waals surface area contributed by atoms with Gasteiger partial charge in [0.25, 0.3) is 0 Å². The van der Waals surface area contributed by atoms with E-state index in [1.54, 1.807) is 23.1 Å². The summed E-state index contributed by atoms with van der Waals surface area (Å²) in [6, 6.07) is 8.23. The maximum atomic E-state index is 5.82. The Morgan fingerprint density at radius 3 is 2.59 bits per heavy atom. The molecule has 0 radical (unpaired) electrons. The van der Waals surface area contributed by atoms with E-state index in [0.29, 0.717) is 6.54 Å². The Morgan fingerprint density at radius 2 is 2.06 bits per heavy atom. The van der Waals surface area contributed by atoms with Crippen LogP contribution in [0.5, 0.6) is 0 Å². The van der Waals surface area contributed by atoms with Crippen molar-refractivity contribution in [2.24, 2.45) is 5.73 Å². The van der Waals surface area contributed by atoms with Crippen LogP contribution >= 0.6 is 39.0 Å². The van der Waals surface area contributed by atoms with E-state index in [2.05, 4.69) is 38.3 Å². The average molecular weight is 330 g/mol. The normalized spacial score (nSPS) is 12.6. The molecule has 0 spiro atoms. The van der Waals surface area contributed by atoms with Gasteiger partial charge in [-0.2, -0.15) is 0 Å². The Kier molecular flexibility index (Phi) is 4.55. The van der Waals surface area contributed by atoms with Gasteiger partial charge < -0.3 is 5.73 Å². The monoisotopic (exact) mass is 329 g/mol. The molecule has 1 aromatic heterocycles. The van der Waals surface area contributed by atoms with Gasteiger partial charge in [0, 0.05) is 16.3 Å². The molecule has 6 heteroatoms. The van der Waals surface area contributed by atoms with Crippen LogP contribution < -0.4 is 5.73 Å². The highest BCUT2D eigenvalue weighted by atomic mass is 79.9. The SMILES string of the molecule is Cc1nnc(SC(CN)c2ccc(Br)cc2)s1. The lowest BCUT2D eigenvalue weighted by Crippen LogP contribution is -2.09. The topological polar surface area (TPSA) is 51.8 Å². The van der Waals surface area contributed by atoms with Crippen LogP contribution in [0.15, 0.2) is 33.1 Å². The second-order valence-electron chi connectivity index (χ2n) is 3.48. The molecular weight excluding hydrogens is 318 g/mol. The van der Waals surface area contributed by atoms with Crippen molar-refractivity contribution in [3.8, 4) is 0 Å². The van der Waals surface area contributed by atoms with Gasteiger partial charge in [0.05, 0.1) is 0 Å². The molecule has 0 saturated carbocycles. The van der Waals surface area contributed by atoms with Crippen molar-refractivity contribution in [2.45, 2.75) is 16.5 Å². The number of aryl methyl sites for hydroxylation is 1. The first-order chi connectivity index (χ1) is 8.19. The minimum absolute atomic E-state index is 0.232. The van der Waals surface area contributed by atoms with E-state index in [-0.39, 0.29) is 5.25 Å². The van der Waals surface area contributed by atoms with Gasteiger partial charge in [-0.15, -0.1) is 10.2 Å². The van der Waals surface area contributed by atoms with Crippen LogP contribution in [0.2, 0.25) is 0 Å². The van der Waals surface area contributed by atoms with Crippen LogP contribution in [0.4, 0.5) is 0 Å². The van der Waals surface area contributed by atoms with Gasteiger partial charge in [-0.25, -0.2) is 0 Å².